The van der Waals surface area contributed by atoms with Crippen molar-refractivity contribution < 1.29 is 37.3 Å². The topological polar surface area (TPSA) is 111 Å². The number of amides is 1. The lowest BCUT2D eigenvalue weighted by molar-refractivity contribution is -0.870. The Hall–Kier alpha value is -1.77. The molecule has 0 aromatic heterocycles. The molecule has 3 unspecified atom stereocenters. The van der Waals surface area contributed by atoms with Gasteiger partial charge in [-0.25, -0.2) is 4.57 Å². The van der Waals surface area contributed by atoms with Gasteiger partial charge in [0.25, 0.3) is 0 Å². The largest absolute Gasteiger partial charge is 0.472 e. The molecule has 1 amide bonds. The standard InChI is InChI=1S/C58H111N2O7P/c1-7-10-13-16-19-22-25-28-30-32-35-38-41-44-47-50-57(61)59-55(54-66-68(63,64)65-53-52-60(4,5)6)56(49-46-43-40-37-34-27-24-21-18-15-12-9-3)67-58(62)51-48-45-42-39-36-33-31-29-26-23-20-17-14-11-8-2/h19,22,25,28,46,49,55-56H,7-18,20-21,23-24,26-27,29-45,47-48,50-54H2,1-6H3,(H-,59,61,63,64)/p+1/b22-19+,28-25+,49-46+. The lowest BCUT2D eigenvalue weighted by Crippen LogP contribution is -2.47. The fourth-order valence-corrected chi connectivity index (χ4v) is 9.08. The highest BCUT2D eigenvalue weighted by Gasteiger charge is 2.30. The van der Waals surface area contributed by atoms with E-state index in [0.29, 0.717) is 23.9 Å². The summed E-state index contributed by atoms with van der Waals surface area (Å²) in [5, 5.41) is 3.04. The van der Waals surface area contributed by atoms with Gasteiger partial charge < -0.3 is 19.4 Å². The second-order valence-electron chi connectivity index (χ2n) is 20.9. The minimum Gasteiger partial charge on any atom is -0.456 e. The number of quaternary nitrogens is 1. The van der Waals surface area contributed by atoms with Gasteiger partial charge in [-0.2, -0.15) is 0 Å². The number of unbranched alkanes of at least 4 members (excludes halogenated alkanes) is 33. The zero-order chi connectivity index (χ0) is 50.1. The molecule has 0 aliphatic heterocycles. The maximum atomic E-state index is 13.5. The summed E-state index contributed by atoms with van der Waals surface area (Å²) < 4.78 is 30.6. The van der Waals surface area contributed by atoms with E-state index in [1.165, 1.54) is 161 Å². The van der Waals surface area contributed by atoms with E-state index in [4.69, 9.17) is 13.8 Å². The summed E-state index contributed by atoms with van der Waals surface area (Å²) in [6.45, 7) is 6.99. The number of esters is 1. The zero-order valence-electron chi connectivity index (χ0n) is 45.6. The molecule has 68 heavy (non-hydrogen) atoms. The van der Waals surface area contributed by atoms with Crippen LogP contribution in [0.5, 0.6) is 0 Å². The van der Waals surface area contributed by atoms with Gasteiger partial charge in [-0.1, -0.05) is 237 Å². The second kappa shape index (κ2) is 48.8. The van der Waals surface area contributed by atoms with E-state index in [1.807, 2.05) is 33.3 Å². The maximum Gasteiger partial charge on any atom is 0.472 e. The molecular formula is C58H112N2O7P+. The number of hydrogen-bond acceptors (Lipinski definition) is 6. The summed E-state index contributed by atoms with van der Waals surface area (Å²) in [6.07, 6.45) is 57.0. The molecule has 0 bridgehead atoms. The van der Waals surface area contributed by atoms with E-state index in [0.717, 1.165) is 77.0 Å². The lowest BCUT2D eigenvalue weighted by atomic mass is 10.0. The first-order chi connectivity index (χ1) is 32.9. The van der Waals surface area contributed by atoms with Crippen molar-refractivity contribution in [3.8, 4) is 0 Å². The van der Waals surface area contributed by atoms with E-state index in [-0.39, 0.29) is 25.1 Å². The molecule has 2 N–H and O–H groups in total. The smallest absolute Gasteiger partial charge is 0.456 e. The van der Waals surface area contributed by atoms with E-state index in [1.54, 1.807) is 0 Å². The molecule has 400 valence electrons. The van der Waals surface area contributed by atoms with Crippen LogP contribution in [0, 0.1) is 0 Å². The van der Waals surface area contributed by atoms with Crippen molar-refractivity contribution in [1.29, 1.82) is 0 Å². The van der Waals surface area contributed by atoms with Crippen LogP contribution in [0.3, 0.4) is 0 Å². The predicted octanol–water partition coefficient (Wildman–Crippen LogP) is 17.2. The van der Waals surface area contributed by atoms with Crippen LogP contribution in [0.25, 0.3) is 0 Å². The van der Waals surface area contributed by atoms with Crippen LogP contribution in [-0.4, -0.2) is 74.3 Å². The van der Waals surface area contributed by atoms with E-state index in [2.05, 4.69) is 50.4 Å². The van der Waals surface area contributed by atoms with Gasteiger partial charge in [-0.3, -0.25) is 18.6 Å². The number of hydrogen-bond donors (Lipinski definition) is 2. The quantitative estimate of drug-likeness (QED) is 0.0156. The van der Waals surface area contributed by atoms with Crippen LogP contribution >= 0.6 is 7.82 Å². The number of likely N-dealkylation sites (N-methyl/N-ethyl adjacent to an activating group) is 1. The molecule has 0 saturated carbocycles. The summed E-state index contributed by atoms with van der Waals surface area (Å²) in [4.78, 5) is 37.6. The Balaban J connectivity index is 5.35. The molecule has 0 saturated heterocycles. The van der Waals surface area contributed by atoms with Gasteiger partial charge >= 0.3 is 13.8 Å². The Bertz CT molecular complexity index is 1270. The number of phosphoric ester groups is 1. The van der Waals surface area contributed by atoms with Gasteiger partial charge in [0.1, 0.15) is 19.3 Å². The number of carbonyl (C=O) groups is 2. The van der Waals surface area contributed by atoms with Gasteiger partial charge in [0, 0.05) is 12.8 Å². The van der Waals surface area contributed by atoms with Gasteiger partial charge in [-0.15, -0.1) is 0 Å². The number of rotatable bonds is 52. The van der Waals surface area contributed by atoms with E-state index >= 15 is 0 Å². The Morgan fingerprint density at radius 2 is 0.882 bits per heavy atom. The van der Waals surface area contributed by atoms with Crippen molar-refractivity contribution >= 4 is 19.7 Å². The van der Waals surface area contributed by atoms with Crippen molar-refractivity contribution in [2.24, 2.45) is 0 Å². The first kappa shape index (κ1) is 66.2. The molecule has 9 nitrogen and oxygen atoms in total. The normalized spacial score (nSPS) is 14.0. The average molecular weight is 981 g/mol. The highest BCUT2D eigenvalue weighted by Crippen LogP contribution is 2.43. The zero-order valence-corrected chi connectivity index (χ0v) is 46.5. The Kier molecular flexibility index (Phi) is 47.6. The van der Waals surface area contributed by atoms with Crippen LogP contribution in [-0.2, 0) is 27.9 Å². The summed E-state index contributed by atoms with van der Waals surface area (Å²) in [7, 11) is 1.49. The molecular weight excluding hydrogens is 868 g/mol. The van der Waals surface area contributed by atoms with Crippen molar-refractivity contribution in [1.82, 2.24) is 5.32 Å². The van der Waals surface area contributed by atoms with Crippen LogP contribution in [0.15, 0.2) is 36.5 Å². The number of carbonyl (C=O) groups excluding carboxylic acids is 2. The highest BCUT2D eigenvalue weighted by atomic mass is 31.2. The highest BCUT2D eigenvalue weighted by molar-refractivity contribution is 7.47. The van der Waals surface area contributed by atoms with Crippen LogP contribution < -0.4 is 5.32 Å². The maximum absolute atomic E-state index is 13.5. The Morgan fingerprint density at radius 1 is 0.515 bits per heavy atom. The average Bonchev–Trinajstić information content (AvgIpc) is 3.29. The minimum atomic E-state index is -4.44. The number of phosphoric acid groups is 1. The minimum absolute atomic E-state index is 0.0397. The number of ether oxygens (including phenoxy) is 1. The number of nitrogens with one attached hydrogen (secondary N) is 1. The summed E-state index contributed by atoms with van der Waals surface area (Å²) >= 11 is 0. The molecule has 3 atom stereocenters. The second-order valence-corrected chi connectivity index (χ2v) is 22.3. The van der Waals surface area contributed by atoms with Crippen molar-refractivity contribution in [3.63, 3.8) is 0 Å². The molecule has 0 spiro atoms. The third-order valence-corrected chi connectivity index (χ3v) is 13.8. The molecule has 0 aromatic carbocycles. The molecule has 10 heteroatoms. The summed E-state index contributed by atoms with van der Waals surface area (Å²) in [5.74, 6) is -0.509. The third kappa shape index (κ3) is 49.2. The van der Waals surface area contributed by atoms with E-state index in [9.17, 15) is 19.0 Å². The Morgan fingerprint density at radius 3 is 1.32 bits per heavy atom. The molecule has 0 aromatic rings. The van der Waals surface area contributed by atoms with Crippen LogP contribution in [0.2, 0.25) is 0 Å². The van der Waals surface area contributed by atoms with Gasteiger partial charge in [-0.05, 0) is 57.4 Å². The van der Waals surface area contributed by atoms with Crippen LogP contribution in [0.4, 0.5) is 0 Å². The molecule has 0 fully saturated rings. The van der Waals surface area contributed by atoms with Gasteiger partial charge in [0.05, 0.1) is 33.8 Å². The van der Waals surface area contributed by atoms with Gasteiger partial charge in [0.2, 0.25) is 5.91 Å². The first-order valence-corrected chi connectivity index (χ1v) is 30.3. The summed E-state index contributed by atoms with van der Waals surface area (Å²) in [6, 6.07) is -0.849. The number of nitrogens with zero attached hydrogens (tertiary/aromatic N) is 1. The van der Waals surface area contributed by atoms with Crippen molar-refractivity contribution in [3.05, 3.63) is 36.5 Å². The molecule has 0 aliphatic rings. The predicted molar refractivity (Wildman–Crippen MR) is 291 cm³/mol. The molecule has 0 rings (SSSR count). The van der Waals surface area contributed by atoms with E-state index < -0.39 is 20.0 Å². The number of allylic oxidation sites excluding steroid dienone is 5. The third-order valence-electron chi connectivity index (χ3n) is 12.9. The van der Waals surface area contributed by atoms with Crippen molar-refractivity contribution in [2.45, 2.75) is 283 Å². The SMILES string of the molecule is CCCCC/C=C/C=C/CCCCCCCCC(=O)NC(COP(=O)(O)OCC[N+](C)(C)C)C(/C=C/CCCCCCCCCCCC)OC(=O)CCCCCCCCCCCCCCCCC. The monoisotopic (exact) mass is 980 g/mol. The van der Waals surface area contributed by atoms with Gasteiger partial charge in [0.15, 0.2) is 0 Å². The fourth-order valence-electron chi connectivity index (χ4n) is 8.34. The Labute approximate surface area is 421 Å². The molecule has 0 aliphatic carbocycles. The first-order valence-electron chi connectivity index (χ1n) is 28.8. The lowest BCUT2D eigenvalue weighted by Gasteiger charge is -2.27. The summed E-state index contributed by atoms with van der Waals surface area (Å²) in [5.41, 5.74) is 0. The van der Waals surface area contributed by atoms with Crippen molar-refractivity contribution in [2.75, 3.05) is 40.9 Å². The molecule has 0 heterocycles. The fraction of sp³-hybridized carbons (Fsp3) is 0.862. The molecule has 0 radical (unpaired) electrons. The van der Waals surface area contributed by atoms with Crippen LogP contribution in [0.1, 0.15) is 271 Å².